The Balaban J connectivity index is 1.43. The summed E-state index contributed by atoms with van der Waals surface area (Å²) in [6.07, 6.45) is 1.49. The average Bonchev–Trinajstić information content (AvgIpc) is 2.68. The van der Waals surface area contributed by atoms with Gasteiger partial charge in [0, 0.05) is 42.3 Å². The Morgan fingerprint density at radius 2 is 1.93 bits per heavy atom. The van der Waals surface area contributed by atoms with E-state index in [1.165, 1.54) is 11.9 Å². The molecular formula is C20H19ClN6O. The van der Waals surface area contributed by atoms with Gasteiger partial charge in [0.2, 0.25) is 11.9 Å². The second kappa shape index (κ2) is 7.82. The maximum Gasteiger partial charge on any atom is 0.251 e. The number of halogens is 1. The lowest BCUT2D eigenvalue weighted by atomic mass is 9.92. The Bertz CT molecular complexity index is 988. The van der Waals surface area contributed by atoms with Crippen LogP contribution in [0.4, 0.5) is 17.6 Å². The highest BCUT2D eigenvalue weighted by atomic mass is 35.5. The van der Waals surface area contributed by atoms with Crippen LogP contribution in [0.1, 0.15) is 21.8 Å². The molecule has 7 nitrogen and oxygen atoms in total. The van der Waals surface area contributed by atoms with Crippen molar-refractivity contribution in [2.45, 2.75) is 5.92 Å². The van der Waals surface area contributed by atoms with Gasteiger partial charge in [0.25, 0.3) is 5.91 Å². The zero-order valence-electron chi connectivity index (χ0n) is 15.3. The zero-order chi connectivity index (χ0) is 19.5. The Morgan fingerprint density at radius 3 is 2.68 bits per heavy atom. The topological polar surface area (TPSA) is 83.0 Å². The van der Waals surface area contributed by atoms with Crippen molar-refractivity contribution >= 4 is 35.1 Å². The van der Waals surface area contributed by atoms with Crippen molar-refractivity contribution in [2.24, 2.45) is 0 Å². The summed E-state index contributed by atoms with van der Waals surface area (Å²) in [7, 11) is 1.60. The monoisotopic (exact) mass is 394 g/mol. The number of carbonyl (C=O) groups excluding carboxylic acids is 1. The smallest absolute Gasteiger partial charge is 0.251 e. The van der Waals surface area contributed by atoms with Crippen molar-refractivity contribution in [1.82, 2.24) is 20.3 Å². The van der Waals surface area contributed by atoms with Crippen LogP contribution >= 0.6 is 11.6 Å². The highest BCUT2D eigenvalue weighted by Gasteiger charge is 2.30. The Morgan fingerprint density at radius 1 is 1.14 bits per heavy atom. The van der Waals surface area contributed by atoms with Gasteiger partial charge in [0.05, 0.1) is 0 Å². The summed E-state index contributed by atoms with van der Waals surface area (Å²) >= 11 is 5.95. The molecule has 0 aliphatic carbocycles. The Labute approximate surface area is 167 Å². The number of amides is 1. The van der Waals surface area contributed by atoms with Crippen LogP contribution in [0.15, 0.2) is 54.9 Å². The minimum absolute atomic E-state index is 0.145. The third-order valence-electron chi connectivity index (χ3n) is 4.67. The lowest BCUT2D eigenvalue weighted by Crippen LogP contribution is -2.46. The molecule has 8 heteroatoms. The molecule has 2 N–H and O–H groups in total. The van der Waals surface area contributed by atoms with E-state index in [-0.39, 0.29) is 5.91 Å². The molecule has 0 bridgehead atoms. The first-order valence-corrected chi connectivity index (χ1v) is 9.29. The molecule has 4 rings (SSSR count). The second-order valence-corrected chi connectivity index (χ2v) is 6.98. The van der Waals surface area contributed by atoms with Crippen LogP contribution in [-0.2, 0) is 0 Å². The van der Waals surface area contributed by atoms with Gasteiger partial charge in [0.1, 0.15) is 6.33 Å². The molecule has 1 fully saturated rings. The van der Waals surface area contributed by atoms with Crippen LogP contribution in [0.2, 0.25) is 5.02 Å². The number of aromatic nitrogens is 3. The number of benzene rings is 2. The van der Waals surface area contributed by atoms with Crippen molar-refractivity contribution in [3.63, 3.8) is 0 Å². The highest BCUT2D eigenvalue weighted by Crippen LogP contribution is 2.30. The molecule has 0 unspecified atom stereocenters. The first-order valence-electron chi connectivity index (χ1n) is 8.91. The van der Waals surface area contributed by atoms with Gasteiger partial charge in [-0.2, -0.15) is 4.98 Å². The lowest BCUT2D eigenvalue weighted by molar-refractivity contribution is 0.0963. The lowest BCUT2D eigenvalue weighted by Gasteiger charge is -2.39. The van der Waals surface area contributed by atoms with Gasteiger partial charge in [-0.25, -0.2) is 9.97 Å². The summed E-state index contributed by atoms with van der Waals surface area (Å²) in [5.74, 6) is 1.36. The number of nitrogens with zero attached hydrogens (tertiary/aromatic N) is 4. The predicted octanol–water partition coefficient (Wildman–Crippen LogP) is 3.23. The molecule has 1 aliphatic heterocycles. The summed E-state index contributed by atoms with van der Waals surface area (Å²) < 4.78 is 0. The standard InChI is InChI=1S/C20H19ClN6O/c1-22-18(28)14-3-2-4-17(9-14)25-19-23-12-24-20(26-19)27-10-15(11-27)13-5-7-16(21)8-6-13/h2-9,12,15H,10-11H2,1H3,(H,22,28)(H,23,24,25,26). The van der Waals surface area contributed by atoms with Crippen LogP contribution in [0.3, 0.4) is 0 Å². The number of carbonyl (C=O) groups is 1. The molecule has 2 aromatic carbocycles. The van der Waals surface area contributed by atoms with Crippen molar-refractivity contribution in [3.8, 4) is 0 Å². The van der Waals surface area contributed by atoms with Gasteiger partial charge in [-0.05, 0) is 35.9 Å². The van der Waals surface area contributed by atoms with E-state index >= 15 is 0 Å². The summed E-state index contributed by atoms with van der Waals surface area (Å²) in [6.45, 7) is 1.69. The summed E-state index contributed by atoms with van der Waals surface area (Å²) in [5, 5.41) is 6.49. The number of nitrogens with one attached hydrogen (secondary N) is 2. The minimum Gasteiger partial charge on any atom is -0.355 e. The molecule has 1 saturated heterocycles. The van der Waals surface area contributed by atoms with E-state index in [0.29, 0.717) is 23.4 Å². The number of anilines is 3. The van der Waals surface area contributed by atoms with E-state index in [0.717, 1.165) is 23.8 Å². The number of hydrogen-bond acceptors (Lipinski definition) is 6. The first kappa shape index (κ1) is 18.2. The molecule has 1 aliphatic rings. The molecule has 0 spiro atoms. The predicted molar refractivity (Wildman–Crippen MR) is 109 cm³/mol. The fraction of sp³-hybridized carbons (Fsp3) is 0.200. The van der Waals surface area contributed by atoms with Crippen molar-refractivity contribution in [2.75, 3.05) is 30.4 Å². The summed E-state index contributed by atoms with van der Waals surface area (Å²) in [5.41, 5.74) is 2.57. The van der Waals surface area contributed by atoms with Gasteiger partial charge in [-0.3, -0.25) is 4.79 Å². The van der Waals surface area contributed by atoms with Crippen molar-refractivity contribution < 1.29 is 4.79 Å². The SMILES string of the molecule is CNC(=O)c1cccc(Nc2ncnc(N3CC(c4ccc(Cl)cc4)C3)n2)c1. The molecule has 1 amide bonds. The molecule has 0 radical (unpaired) electrons. The Hall–Kier alpha value is -3.19. The molecule has 0 saturated carbocycles. The largest absolute Gasteiger partial charge is 0.355 e. The van der Waals surface area contributed by atoms with E-state index in [2.05, 4.69) is 42.6 Å². The van der Waals surface area contributed by atoms with E-state index in [9.17, 15) is 4.79 Å². The van der Waals surface area contributed by atoms with E-state index in [4.69, 9.17) is 11.6 Å². The van der Waals surface area contributed by atoms with Gasteiger partial charge in [-0.1, -0.05) is 29.8 Å². The molecular weight excluding hydrogens is 376 g/mol. The van der Waals surface area contributed by atoms with Crippen LogP contribution in [0.5, 0.6) is 0 Å². The maximum atomic E-state index is 11.8. The van der Waals surface area contributed by atoms with Crippen LogP contribution in [-0.4, -0.2) is 41.0 Å². The highest BCUT2D eigenvalue weighted by molar-refractivity contribution is 6.30. The normalized spacial score (nSPS) is 13.7. The molecule has 2 heterocycles. The van der Waals surface area contributed by atoms with Gasteiger partial charge >= 0.3 is 0 Å². The average molecular weight is 395 g/mol. The van der Waals surface area contributed by atoms with Crippen LogP contribution < -0.4 is 15.5 Å². The van der Waals surface area contributed by atoms with Crippen molar-refractivity contribution in [1.29, 1.82) is 0 Å². The molecule has 3 aromatic rings. The second-order valence-electron chi connectivity index (χ2n) is 6.55. The van der Waals surface area contributed by atoms with E-state index in [1.807, 2.05) is 18.2 Å². The summed E-state index contributed by atoms with van der Waals surface area (Å²) in [4.78, 5) is 26.8. The van der Waals surface area contributed by atoms with Crippen molar-refractivity contribution in [3.05, 3.63) is 71.0 Å². The third-order valence-corrected chi connectivity index (χ3v) is 4.92. The van der Waals surface area contributed by atoms with E-state index < -0.39 is 0 Å². The molecule has 28 heavy (non-hydrogen) atoms. The maximum absolute atomic E-state index is 11.8. The van der Waals surface area contributed by atoms with Gasteiger partial charge < -0.3 is 15.5 Å². The Kier molecular flexibility index (Phi) is 5.08. The molecule has 142 valence electrons. The minimum atomic E-state index is -0.145. The zero-order valence-corrected chi connectivity index (χ0v) is 16.0. The van der Waals surface area contributed by atoms with Crippen LogP contribution in [0, 0.1) is 0 Å². The first-order chi connectivity index (χ1) is 13.6. The number of hydrogen-bond donors (Lipinski definition) is 2. The van der Waals surface area contributed by atoms with Crippen LogP contribution in [0.25, 0.3) is 0 Å². The van der Waals surface area contributed by atoms with Gasteiger partial charge in [-0.15, -0.1) is 0 Å². The summed E-state index contributed by atoms with van der Waals surface area (Å²) in [6, 6.07) is 15.1. The van der Waals surface area contributed by atoms with Gasteiger partial charge in [0.15, 0.2) is 0 Å². The fourth-order valence-electron chi connectivity index (χ4n) is 3.10. The number of rotatable bonds is 5. The molecule has 0 atom stereocenters. The quantitative estimate of drug-likeness (QED) is 0.691. The molecule has 1 aromatic heterocycles. The van der Waals surface area contributed by atoms with E-state index in [1.54, 1.807) is 25.2 Å². The third kappa shape index (κ3) is 3.89. The fourth-order valence-corrected chi connectivity index (χ4v) is 3.23.